The van der Waals surface area contributed by atoms with E-state index in [2.05, 4.69) is 43.1 Å². The molecule has 1 aromatic heterocycles. The minimum atomic E-state index is 0.111. The van der Waals surface area contributed by atoms with Crippen molar-refractivity contribution in [1.29, 1.82) is 0 Å². The number of piperidine rings is 1. The number of hydrogen-bond donors (Lipinski definition) is 1. The highest BCUT2D eigenvalue weighted by Gasteiger charge is 2.25. The predicted octanol–water partition coefficient (Wildman–Crippen LogP) is 6.06. The summed E-state index contributed by atoms with van der Waals surface area (Å²) in [5.74, 6) is 2.06. The number of hydrogen-bond acceptors (Lipinski definition) is 2. The molecule has 5 heteroatoms. The minimum absolute atomic E-state index is 0.111. The summed E-state index contributed by atoms with van der Waals surface area (Å²) in [4.78, 5) is 23.4. The highest BCUT2D eigenvalue weighted by Crippen LogP contribution is 2.30. The molecular formula is C27H32ClN3O. The van der Waals surface area contributed by atoms with E-state index in [1.54, 1.807) is 0 Å². The van der Waals surface area contributed by atoms with Gasteiger partial charge in [-0.25, -0.2) is 4.98 Å². The molecule has 1 aliphatic heterocycles. The van der Waals surface area contributed by atoms with E-state index in [-0.39, 0.29) is 5.91 Å². The van der Waals surface area contributed by atoms with Gasteiger partial charge in [0, 0.05) is 42.2 Å². The number of imidazole rings is 1. The van der Waals surface area contributed by atoms with E-state index in [1.165, 1.54) is 11.1 Å². The average Bonchev–Trinajstić information content (AvgIpc) is 3.19. The predicted molar refractivity (Wildman–Crippen MR) is 132 cm³/mol. The molecule has 2 aromatic carbocycles. The van der Waals surface area contributed by atoms with Gasteiger partial charge in [-0.1, -0.05) is 37.3 Å². The van der Waals surface area contributed by atoms with Crippen molar-refractivity contribution in [2.24, 2.45) is 0 Å². The largest absolute Gasteiger partial charge is 0.346 e. The van der Waals surface area contributed by atoms with Crippen LogP contribution < -0.4 is 0 Å². The number of carbonyl (C=O) groups excluding carboxylic acids is 1. The molecule has 0 radical (unpaired) electrons. The molecule has 2 heterocycles. The maximum atomic E-state index is 13.3. The van der Waals surface area contributed by atoms with Gasteiger partial charge in [0.15, 0.2) is 0 Å². The number of aromatic amines is 1. The Labute approximate surface area is 196 Å². The van der Waals surface area contributed by atoms with Gasteiger partial charge in [0.2, 0.25) is 0 Å². The van der Waals surface area contributed by atoms with Crippen LogP contribution in [0.2, 0.25) is 0 Å². The summed E-state index contributed by atoms with van der Waals surface area (Å²) in [6.45, 7) is 7.86. The molecule has 4 rings (SSSR count). The van der Waals surface area contributed by atoms with Gasteiger partial charge in [0.1, 0.15) is 5.82 Å². The maximum Gasteiger partial charge on any atom is 0.253 e. The summed E-state index contributed by atoms with van der Waals surface area (Å²) in [6, 6.07) is 15.0. The van der Waals surface area contributed by atoms with Crippen LogP contribution in [0, 0.1) is 13.8 Å². The number of alkyl halides is 1. The molecular weight excluding hydrogens is 418 g/mol. The molecule has 0 unspecified atom stereocenters. The summed E-state index contributed by atoms with van der Waals surface area (Å²) in [7, 11) is 0. The number of aryl methyl sites for hydroxylation is 4. The second kappa shape index (κ2) is 9.91. The van der Waals surface area contributed by atoms with Crippen molar-refractivity contribution in [3.63, 3.8) is 0 Å². The number of H-pyrrole nitrogens is 1. The van der Waals surface area contributed by atoms with E-state index in [9.17, 15) is 4.79 Å². The van der Waals surface area contributed by atoms with Crippen molar-refractivity contribution in [1.82, 2.24) is 14.9 Å². The van der Waals surface area contributed by atoms with Crippen molar-refractivity contribution in [3.05, 3.63) is 76.2 Å². The van der Waals surface area contributed by atoms with Crippen LogP contribution in [0.5, 0.6) is 0 Å². The van der Waals surface area contributed by atoms with E-state index < -0.39 is 0 Å². The van der Waals surface area contributed by atoms with Crippen molar-refractivity contribution in [3.8, 4) is 11.3 Å². The fourth-order valence-corrected chi connectivity index (χ4v) is 4.81. The van der Waals surface area contributed by atoms with Crippen molar-refractivity contribution in [2.75, 3.05) is 19.0 Å². The van der Waals surface area contributed by atoms with Gasteiger partial charge in [-0.2, -0.15) is 0 Å². The van der Waals surface area contributed by atoms with E-state index in [1.807, 2.05) is 30.0 Å². The lowest BCUT2D eigenvalue weighted by Crippen LogP contribution is -2.37. The zero-order chi connectivity index (χ0) is 22.7. The molecule has 32 heavy (non-hydrogen) atoms. The zero-order valence-corrected chi connectivity index (χ0v) is 20.0. The van der Waals surface area contributed by atoms with Crippen LogP contribution in [0.3, 0.4) is 0 Å². The van der Waals surface area contributed by atoms with Gasteiger partial charge in [-0.3, -0.25) is 4.79 Å². The van der Waals surface area contributed by atoms with Crippen molar-refractivity contribution >= 4 is 17.5 Å². The first-order chi connectivity index (χ1) is 15.5. The number of rotatable bonds is 6. The lowest BCUT2D eigenvalue weighted by atomic mass is 9.88. The Bertz CT molecular complexity index is 1080. The van der Waals surface area contributed by atoms with Crippen molar-refractivity contribution in [2.45, 2.75) is 52.4 Å². The molecule has 0 saturated carbocycles. The summed E-state index contributed by atoms with van der Waals surface area (Å²) in [5, 5.41) is 0. The second-order valence-corrected chi connectivity index (χ2v) is 9.17. The molecule has 1 fully saturated rings. The number of halogens is 1. The van der Waals surface area contributed by atoms with Crippen LogP contribution in [0.15, 0.2) is 42.5 Å². The number of likely N-dealkylation sites (tertiary alicyclic amines) is 1. The first-order valence-electron chi connectivity index (χ1n) is 11.6. The molecule has 0 atom stereocenters. The van der Waals surface area contributed by atoms with Gasteiger partial charge < -0.3 is 9.88 Å². The third-order valence-corrected chi connectivity index (χ3v) is 6.84. The molecule has 3 aromatic rings. The number of amides is 1. The summed E-state index contributed by atoms with van der Waals surface area (Å²) < 4.78 is 0. The van der Waals surface area contributed by atoms with Crippen LogP contribution in [-0.2, 0) is 12.8 Å². The number of aromatic nitrogens is 2. The smallest absolute Gasteiger partial charge is 0.253 e. The molecule has 4 nitrogen and oxygen atoms in total. The fourth-order valence-electron chi connectivity index (χ4n) is 4.63. The Kier molecular flexibility index (Phi) is 7.00. The highest BCUT2D eigenvalue weighted by molar-refractivity contribution is 6.17. The van der Waals surface area contributed by atoms with E-state index in [0.717, 1.165) is 66.3 Å². The van der Waals surface area contributed by atoms with Crippen LogP contribution in [0.25, 0.3) is 11.3 Å². The topological polar surface area (TPSA) is 49.0 Å². The quantitative estimate of drug-likeness (QED) is 0.465. The van der Waals surface area contributed by atoms with E-state index in [0.29, 0.717) is 18.2 Å². The summed E-state index contributed by atoms with van der Waals surface area (Å²) in [6.07, 6.45) is 3.79. The van der Waals surface area contributed by atoms with Gasteiger partial charge in [0.05, 0.1) is 5.69 Å². The highest BCUT2D eigenvalue weighted by atomic mass is 35.5. The molecule has 1 saturated heterocycles. The first-order valence-corrected chi connectivity index (χ1v) is 12.1. The van der Waals surface area contributed by atoms with E-state index in [4.69, 9.17) is 16.6 Å². The van der Waals surface area contributed by atoms with E-state index >= 15 is 0 Å². The molecule has 1 aliphatic rings. The Morgan fingerprint density at radius 3 is 2.50 bits per heavy atom. The van der Waals surface area contributed by atoms with Gasteiger partial charge in [-0.15, -0.1) is 11.6 Å². The third-order valence-electron chi connectivity index (χ3n) is 6.65. The molecule has 0 aliphatic carbocycles. The Morgan fingerprint density at radius 2 is 1.84 bits per heavy atom. The summed E-state index contributed by atoms with van der Waals surface area (Å²) in [5.41, 5.74) is 7.54. The van der Waals surface area contributed by atoms with Crippen LogP contribution in [-0.4, -0.2) is 39.7 Å². The lowest BCUT2D eigenvalue weighted by Gasteiger charge is -2.32. The monoisotopic (exact) mass is 449 g/mol. The third kappa shape index (κ3) is 4.75. The fraction of sp³-hybridized carbons (Fsp3) is 0.407. The Balaban J connectivity index is 1.47. The zero-order valence-electron chi connectivity index (χ0n) is 19.2. The maximum absolute atomic E-state index is 13.3. The first kappa shape index (κ1) is 22.6. The van der Waals surface area contributed by atoms with Gasteiger partial charge in [0.25, 0.3) is 5.91 Å². The molecule has 168 valence electrons. The molecule has 1 N–H and O–H groups in total. The Hall–Kier alpha value is -2.59. The van der Waals surface area contributed by atoms with Gasteiger partial charge >= 0.3 is 0 Å². The van der Waals surface area contributed by atoms with Crippen molar-refractivity contribution < 1.29 is 4.79 Å². The molecule has 1 amide bonds. The lowest BCUT2D eigenvalue weighted by molar-refractivity contribution is 0.0713. The number of benzene rings is 2. The number of nitrogens with zero attached hydrogens (tertiary/aromatic N) is 2. The second-order valence-electron chi connectivity index (χ2n) is 8.79. The SMILES string of the molecule is CCc1ccc(C2CCN(C(=O)c3ccc(C)c(-c4nc(CCCl)[nH]c4C)c3)CC2)cc1. The summed E-state index contributed by atoms with van der Waals surface area (Å²) >= 11 is 5.88. The van der Waals surface area contributed by atoms with Crippen LogP contribution in [0.1, 0.15) is 64.2 Å². The number of carbonyl (C=O) groups is 1. The normalized spacial score (nSPS) is 14.7. The molecule has 0 spiro atoms. The Morgan fingerprint density at radius 1 is 1.12 bits per heavy atom. The standard InChI is InChI=1S/C27H32ClN3O/c1-4-20-6-9-21(10-7-20)22-12-15-31(16-13-22)27(32)23-8-5-18(2)24(17-23)26-19(3)29-25(30-26)11-14-28/h5-10,17,22H,4,11-16H2,1-3H3,(H,29,30). The van der Waals surface area contributed by atoms with Gasteiger partial charge in [-0.05, 0) is 67.9 Å². The van der Waals surface area contributed by atoms with Crippen LogP contribution in [0.4, 0.5) is 0 Å². The van der Waals surface area contributed by atoms with Crippen LogP contribution >= 0.6 is 11.6 Å². The molecule has 0 bridgehead atoms. The number of nitrogens with one attached hydrogen (secondary N) is 1. The minimum Gasteiger partial charge on any atom is -0.346 e. The average molecular weight is 450 g/mol.